The molecule has 6 heteroatoms. The van der Waals surface area contributed by atoms with Gasteiger partial charge in [0.05, 0.1) is 12.3 Å². The number of aryl methyl sites for hydroxylation is 1. The summed E-state index contributed by atoms with van der Waals surface area (Å²) < 4.78 is 11.4. The molecule has 0 bridgehead atoms. The van der Waals surface area contributed by atoms with Crippen molar-refractivity contribution >= 4 is 23.2 Å². The second-order valence-electron chi connectivity index (χ2n) is 8.54. The van der Waals surface area contributed by atoms with E-state index in [-0.39, 0.29) is 24.3 Å². The molecule has 4 rings (SSSR count). The molecule has 0 aromatic heterocycles. The number of amides is 2. The van der Waals surface area contributed by atoms with Gasteiger partial charge in [-0.1, -0.05) is 38.3 Å². The SMILES string of the molecule is CCc1ccc(OCCCN2C(=O)COc3ccc(NC(=O)C4CCCCC4)cc32)cc1. The minimum atomic E-state index is -0.0828. The Kier molecular flexibility index (Phi) is 7.30. The van der Waals surface area contributed by atoms with Crippen molar-refractivity contribution in [2.45, 2.75) is 51.9 Å². The lowest BCUT2D eigenvalue weighted by molar-refractivity contribution is -0.121. The topological polar surface area (TPSA) is 67.9 Å². The molecular weight excluding hydrogens is 404 g/mol. The number of hydrogen-bond acceptors (Lipinski definition) is 4. The van der Waals surface area contributed by atoms with Gasteiger partial charge in [0.25, 0.3) is 5.91 Å². The number of hydrogen-bond donors (Lipinski definition) is 1. The van der Waals surface area contributed by atoms with Crippen molar-refractivity contribution in [3.8, 4) is 11.5 Å². The highest BCUT2D eigenvalue weighted by molar-refractivity contribution is 5.99. The standard InChI is InChI=1S/C26H32N2O4/c1-2-19-9-12-22(13-10-19)31-16-6-15-28-23-17-21(11-14-24(23)32-18-25(28)29)27-26(30)20-7-4-3-5-8-20/h9-14,17,20H,2-8,15-16,18H2,1H3,(H,27,30). The Hall–Kier alpha value is -3.02. The third kappa shape index (κ3) is 5.42. The maximum Gasteiger partial charge on any atom is 0.265 e. The Balaban J connectivity index is 1.36. The van der Waals surface area contributed by atoms with Gasteiger partial charge in [0.1, 0.15) is 11.5 Å². The van der Waals surface area contributed by atoms with E-state index in [9.17, 15) is 9.59 Å². The maximum atomic E-state index is 12.6. The second kappa shape index (κ2) is 10.5. The first-order valence-electron chi connectivity index (χ1n) is 11.7. The van der Waals surface area contributed by atoms with Crippen LogP contribution in [-0.2, 0) is 16.0 Å². The highest BCUT2D eigenvalue weighted by Crippen LogP contribution is 2.35. The molecule has 1 fully saturated rings. The molecule has 1 N–H and O–H groups in total. The lowest BCUT2D eigenvalue weighted by atomic mass is 9.88. The molecule has 6 nitrogen and oxygen atoms in total. The molecule has 170 valence electrons. The minimum Gasteiger partial charge on any atom is -0.494 e. The van der Waals surface area contributed by atoms with Gasteiger partial charge in [0.15, 0.2) is 6.61 Å². The first-order chi connectivity index (χ1) is 15.6. The zero-order chi connectivity index (χ0) is 22.3. The van der Waals surface area contributed by atoms with Gasteiger partial charge in [-0.25, -0.2) is 0 Å². The molecule has 1 aliphatic heterocycles. The number of fused-ring (bicyclic) bond motifs is 1. The molecule has 0 spiro atoms. The molecule has 2 aromatic rings. The fourth-order valence-electron chi connectivity index (χ4n) is 4.37. The van der Waals surface area contributed by atoms with Gasteiger partial charge in [0, 0.05) is 18.2 Å². The Morgan fingerprint density at radius 2 is 1.91 bits per heavy atom. The lowest BCUT2D eigenvalue weighted by Gasteiger charge is -2.30. The molecule has 1 saturated carbocycles. The number of benzene rings is 2. The summed E-state index contributed by atoms with van der Waals surface area (Å²) in [5.74, 6) is 1.57. The predicted octanol–water partition coefficient (Wildman–Crippen LogP) is 4.96. The Labute approximate surface area is 189 Å². The third-order valence-electron chi connectivity index (χ3n) is 6.27. The third-order valence-corrected chi connectivity index (χ3v) is 6.27. The number of carbonyl (C=O) groups is 2. The highest BCUT2D eigenvalue weighted by Gasteiger charge is 2.26. The molecule has 0 radical (unpaired) electrons. The number of nitrogens with zero attached hydrogens (tertiary/aromatic N) is 1. The molecule has 0 atom stereocenters. The first-order valence-corrected chi connectivity index (χ1v) is 11.7. The van der Waals surface area contributed by atoms with Crippen LogP contribution in [0.4, 0.5) is 11.4 Å². The van der Waals surface area contributed by atoms with Gasteiger partial charge >= 0.3 is 0 Å². The van der Waals surface area contributed by atoms with Gasteiger partial charge in [-0.15, -0.1) is 0 Å². The normalized spacial score (nSPS) is 16.3. The smallest absolute Gasteiger partial charge is 0.265 e. The van der Waals surface area contributed by atoms with E-state index in [1.165, 1.54) is 12.0 Å². The molecular formula is C26H32N2O4. The second-order valence-corrected chi connectivity index (χ2v) is 8.54. The number of ether oxygens (including phenoxy) is 2. The molecule has 1 heterocycles. The van der Waals surface area contributed by atoms with Crippen LogP contribution in [0.1, 0.15) is 51.0 Å². The largest absolute Gasteiger partial charge is 0.494 e. The summed E-state index contributed by atoms with van der Waals surface area (Å²) in [6, 6.07) is 13.6. The van der Waals surface area contributed by atoms with Crippen molar-refractivity contribution in [1.29, 1.82) is 0 Å². The summed E-state index contributed by atoms with van der Waals surface area (Å²) in [5.41, 5.74) is 2.68. The van der Waals surface area contributed by atoms with E-state index >= 15 is 0 Å². The van der Waals surface area contributed by atoms with Crippen LogP contribution in [0.2, 0.25) is 0 Å². The Morgan fingerprint density at radius 1 is 1.12 bits per heavy atom. The van der Waals surface area contributed by atoms with Crippen LogP contribution < -0.4 is 19.7 Å². The highest BCUT2D eigenvalue weighted by atomic mass is 16.5. The van der Waals surface area contributed by atoms with Crippen molar-refractivity contribution in [2.75, 3.05) is 30.0 Å². The predicted molar refractivity (Wildman–Crippen MR) is 125 cm³/mol. The van der Waals surface area contributed by atoms with E-state index in [4.69, 9.17) is 9.47 Å². The summed E-state index contributed by atoms with van der Waals surface area (Å²) in [7, 11) is 0. The van der Waals surface area contributed by atoms with E-state index in [1.54, 1.807) is 4.90 Å². The van der Waals surface area contributed by atoms with Gasteiger partial charge in [-0.3, -0.25) is 9.59 Å². The molecule has 0 saturated heterocycles. The molecule has 2 aromatic carbocycles. The fourth-order valence-corrected chi connectivity index (χ4v) is 4.37. The zero-order valence-electron chi connectivity index (χ0n) is 18.8. The van der Waals surface area contributed by atoms with Crippen molar-refractivity contribution in [2.24, 2.45) is 5.92 Å². The van der Waals surface area contributed by atoms with Crippen LogP contribution >= 0.6 is 0 Å². The number of anilines is 2. The van der Waals surface area contributed by atoms with Gasteiger partial charge < -0.3 is 19.7 Å². The van der Waals surface area contributed by atoms with Crippen LogP contribution in [0.3, 0.4) is 0 Å². The van der Waals surface area contributed by atoms with Crippen molar-refractivity contribution < 1.29 is 19.1 Å². The van der Waals surface area contributed by atoms with Gasteiger partial charge in [0.2, 0.25) is 5.91 Å². The van der Waals surface area contributed by atoms with Crippen LogP contribution in [0, 0.1) is 5.92 Å². The Morgan fingerprint density at radius 3 is 2.66 bits per heavy atom. The van der Waals surface area contributed by atoms with Crippen LogP contribution in [0.5, 0.6) is 11.5 Å². The van der Waals surface area contributed by atoms with E-state index in [0.717, 1.165) is 37.9 Å². The van der Waals surface area contributed by atoms with E-state index in [2.05, 4.69) is 24.4 Å². The molecule has 2 amide bonds. The lowest BCUT2D eigenvalue weighted by Crippen LogP contribution is -2.40. The minimum absolute atomic E-state index is 0.0279. The van der Waals surface area contributed by atoms with Crippen LogP contribution in [-0.4, -0.2) is 31.6 Å². The summed E-state index contributed by atoms with van der Waals surface area (Å²) in [6.07, 6.45) is 7.04. The van der Waals surface area contributed by atoms with Crippen LogP contribution in [0.25, 0.3) is 0 Å². The van der Waals surface area contributed by atoms with E-state index in [0.29, 0.717) is 36.7 Å². The average molecular weight is 437 g/mol. The summed E-state index contributed by atoms with van der Waals surface area (Å²) in [6.45, 7) is 3.20. The number of rotatable bonds is 8. The molecule has 1 aliphatic carbocycles. The van der Waals surface area contributed by atoms with Crippen molar-refractivity contribution in [3.05, 3.63) is 48.0 Å². The summed E-state index contributed by atoms with van der Waals surface area (Å²) in [4.78, 5) is 26.9. The van der Waals surface area contributed by atoms with E-state index in [1.807, 2.05) is 30.3 Å². The van der Waals surface area contributed by atoms with Crippen molar-refractivity contribution in [1.82, 2.24) is 0 Å². The number of carbonyl (C=O) groups excluding carboxylic acids is 2. The molecule has 0 unspecified atom stereocenters. The first kappa shape index (κ1) is 22.2. The van der Waals surface area contributed by atoms with Gasteiger partial charge in [-0.2, -0.15) is 0 Å². The Bertz CT molecular complexity index is 935. The zero-order valence-corrected chi connectivity index (χ0v) is 18.8. The van der Waals surface area contributed by atoms with Gasteiger partial charge in [-0.05, 0) is 61.6 Å². The monoisotopic (exact) mass is 436 g/mol. The maximum absolute atomic E-state index is 12.6. The summed E-state index contributed by atoms with van der Waals surface area (Å²) >= 11 is 0. The van der Waals surface area contributed by atoms with Crippen LogP contribution in [0.15, 0.2) is 42.5 Å². The van der Waals surface area contributed by atoms with Crippen molar-refractivity contribution in [3.63, 3.8) is 0 Å². The fraction of sp³-hybridized carbons (Fsp3) is 0.462. The van der Waals surface area contributed by atoms with E-state index < -0.39 is 0 Å². The molecule has 2 aliphatic rings. The molecule has 32 heavy (non-hydrogen) atoms. The number of nitrogens with one attached hydrogen (secondary N) is 1. The average Bonchev–Trinajstić information content (AvgIpc) is 2.84. The quantitative estimate of drug-likeness (QED) is 0.594. The summed E-state index contributed by atoms with van der Waals surface area (Å²) in [5, 5.41) is 3.04.